The number of aromatic nitrogens is 4. The minimum absolute atomic E-state index is 0.773. The zero-order chi connectivity index (χ0) is 17.1. The maximum atomic E-state index is 4.79. The summed E-state index contributed by atoms with van der Waals surface area (Å²) in [5, 5.41) is 3.42. The standard InChI is InChI=1S/C19H16BrN5/c20-17-12-23-19-18(22-11-8-14-6-9-21-10-7-14)24-16(13-25(17)19)15-4-2-1-3-5-15/h1-7,9-10,12-13H,8,11H2,(H,22,24). The van der Waals surface area contributed by atoms with Gasteiger partial charge in [0.1, 0.15) is 4.60 Å². The monoisotopic (exact) mass is 393 g/mol. The molecular weight excluding hydrogens is 378 g/mol. The van der Waals surface area contributed by atoms with E-state index in [2.05, 4.69) is 43.3 Å². The van der Waals surface area contributed by atoms with Crippen molar-refractivity contribution in [3.8, 4) is 11.3 Å². The summed E-state index contributed by atoms with van der Waals surface area (Å²) >= 11 is 3.55. The number of imidazole rings is 1. The van der Waals surface area contributed by atoms with Gasteiger partial charge in [-0.05, 0) is 40.0 Å². The summed E-state index contributed by atoms with van der Waals surface area (Å²) in [6.45, 7) is 0.773. The van der Waals surface area contributed by atoms with Gasteiger partial charge in [0, 0.05) is 30.7 Å². The van der Waals surface area contributed by atoms with Crippen LogP contribution >= 0.6 is 15.9 Å². The lowest BCUT2D eigenvalue weighted by molar-refractivity contribution is 0.992. The van der Waals surface area contributed by atoms with Gasteiger partial charge in [0.2, 0.25) is 0 Å². The van der Waals surface area contributed by atoms with Crippen molar-refractivity contribution >= 4 is 27.4 Å². The van der Waals surface area contributed by atoms with E-state index in [0.717, 1.165) is 40.3 Å². The highest BCUT2D eigenvalue weighted by atomic mass is 79.9. The first kappa shape index (κ1) is 15.8. The minimum Gasteiger partial charge on any atom is -0.367 e. The van der Waals surface area contributed by atoms with Gasteiger partial charge in [0.05, 0.1) is 11.9 Å². The van der Waals surface area contributed by atoms with Gasteiger partial charge in [0.25, 0.3) is 0 Å². The number of nitrogens with one attached hydrogen (secondary N) is 1. The third kappa shape index (κ3) is 3.39. The van der Waals surface area contributed by atoms with Crippen LogP contribution < -0.4 is 5.32 Å². The summed E-state index contributed by atoms with van der Waals surface area (Å²) in [6.07, 6.45) is 8.31. The molecule has 0 bridgehead atoms. The van der Waals surface area contributed by atoms with E-state index >= 15 is 0 Å². The maximum Gasteiger partial charge on any atom is 0.181 e. The molecule has 0 aliphatic rings. The van der Waals surface area contributed by atoms with E-state index in [4.69, 9.17) is 4.98 Å². The van der Waals surface area contributed by atoms with Crippen molar-refractivity contribution in [2.24, 2.45) is 0 Å². The zero-order valence-electron chi connectivity index (χ0n) is 13.4. The number of pyridine rings is 1. The van der Waals surface area contributed by atoms with Crippen LogP contribution in [-0.2, 0) is 6.42 Å². The number of nitrogens with zero attached hydrogens (tertiary/aromatic N) is 4. The third-order valence-electron chi connectivity index (χ3n) is 3.97. The van der Waals surface area contributed by atoms with Gasteiger partial charge >= 0.3 is 0 Å². The Balaban J connectivity index is 1.65. The van der Waals surface area contributed by atoms with E-state index in [0.29, 0.717) is 0 Å². The van der Waals surface area contributed by atoms with E-state index < -0.39 is 0 Å². The van der Waals surface area contributed by atoms with Crippen LogP contribution in [0.15, 0.2) is 71.9 Å². The van der Waals surface area contributed by atoms with Crippen LogP contribution in [0.4, 0.5) is 5.82 Å². The van der Waals surface area contributed by atoms with E-state index in [1.807, 2.05) is 53.3 Å². The molecule has 4 aromatic rings. The first-order chi connectivity index (χ1) is 12.3. The Labute approximate surface area is 153 Å². The highest BCUT2D eigenvalue weighted by Crippen LogP contribution is 2.24. The molecule has 0 saturated carbocycles. The average Bonchev–Trinajstić information content (AvgIpc) is 3.04. The topological polar surface area (TPSA) is 55.1 Å². The highest BCUT2D eigenvalue weighted by molar-refractivity contribution is 9.10. The van der Waals surface area contributed by atoms with Crippen LogP contribution in [0.5, 0.6) is 0 Å². The molecule has 4 rings (SSSR count). The summed E-state index contributed by atoms with van der Waals surface area (Å²) in [5.41, 5.74) is 4.02. The van der Waals surface area contributed by atoms with Crippen molar-refractivity contribution in [2.75, 3.05) is 11.9 Å². The van der Waals surface area contributed by atoms with Crippen molar-refractivity contribution in [1.29, 1.82) is 0 Å². The molecule has 1 aromatic carbocycles. The first-order valence-corrected chi connectivity index (χ1v) is 8.82. The average molecular weight is 394 g/mol. The zero-order valence-corrected chi connectivity index (χ0v) is 15.0. The summed E-state index contributed by atoms with van der Waals surface area (Å²) in [4.78, 5) is 13.3. The van der Waals surface area contributed by atoms with Crippen molar-refractivity contribution in [2.45, 2.75) is 6.42 Å². The van der Waals surface area contributed by atoms with Gasteiger partial charge in [-0.15, -0.1) is 0 Å². The predicted octanol–water partition coefficient (Wildman–Crippen LogP) is 4.21. The van der Waals surface area contributed by atoms with Crippen molar-refractivity contribution in [1.82, 2.24) is 19.4 Å². The van der Waals surface area contributed by atoms with Crippen LogP contribution in [0.25, 0.3) is 16.9 Å². The molecule has 3 aromatic heterocycles. The van der Waals surface area contributed by atoms with Crippen LogP contribution in [0, 0.1) is 0 Å². The molecule has 6 heteroatoms. The molecule has 25 heavy (non-hydrogen) atoms. The number of hydrogen-bond donors (Lipinski definition) is 1. The van der Waals surface area contributed by atoms with E-state index in [9.17, 15) is 0 Å². The van der Waals surface area contributed by atoms with Gasteiger partial charge in [-0.1, -0.05) is 30.3 Å². The van der Waals surface area contributed by atoms with Crippen LogP contribution in [0.2, 0.25) is 0 Å². The van der Waals surface area contributed by atoms with Gasteiger partial charge < -0.3 is 5.32 Å². The second-order valence-electron chi connectivity index (χ2n) is 5.65. The van der Waals surface area contributed by atoms with Gasteiger partial charge in [-0.25, -0.2) is 9.97 Å². The molecule has 0 atom stereocenters. The van der Waals surface area contributed by atoms with Crippen molar-refractivity contribution in [3.63, 3.8) is 0 Å². The molecule has 0 amide bonds. The fraction of sp³-hybridized carbons (Fsp3) is 0.105. The molecular formula is C19H16BrN5. The molecule has 124 valence electrons. The Morgan fingerprint density at radius 1 is 1.04 bits per heavy atom. The molecule has 0 saturated heterocycles. The van der Waals surface area contributed by atoms with Crippen molar-refractivity contribution in [3.05, 3.63) is 77.4 Å². The quantitative estimate of drug-likeness (QED) is 0.551. The summed E-state index contributed by atoms with van der Waals surface area (Å²) in [5.74, 6) is 0.779. The maximum absolute atomic E-state index is 4.79. The first-order valence-electron chi connectivity index (χ1n) is 8.03. The van der Waals surface area contributed by atoms with Crippen molar-refractivity contribution < 1.29 is 0 Å². The SMILES string of the molecule is Brc1cnc2c(NCCc3ccncc3)nc(-c3ccccc3)cn12. The molecule has 0 aliphatic heterocycles. The second-order valence-corrected chi connectivity index (χ2v) is 6.46. The smallest absolute Gasteiger partial charge is 0.181 e. The molecule has 1 N–H and O–H groups in total. The summed E-state index contributed by atoms with van der Waals surface area (Å²) < 4.78 is 2.91. The number of rotatable bonds is 5. The molecule has 0 aliphatic carbocycles. The second kappa shape index (κ2) is 7.03. The highest BCUT2D eigenvalue weighted by Gasteiger charge is 2.11. The lowest BCUT2D eigenvalue weighted by atomic mass is 10.2. The van der Waals surface area contributed by atoms with Gasteiger partial charge in [0.15, 0.2) is 11.5 Å². The van der Waals surface area contributed by atoms with Crippen LogP contribution in [0.3, 0.4) is 0 Å². The Morgan fingerprint density at radius 3 is 2.64 bits per heavy atom. The normalized spacial score (nSPS) is 10.9. The number of anilines is 1. The molecule has 0 radical (unpaired) electrons. The van der Waals surface area contributed by atoms with E-state index in [-0.39, 0.29) is 0 Å². The number of fused-ring (bicyclic) bond motifs is 1. The Bertz CT molecular complexity index is 983. The predicted molar refractivity (Wildman–Crippen MR) is 103 cm³/mol. The van der Waals surface area contributed by atoms with Gasteiger partial charge in [-0.2, -0.15) is 0 Å². The van der Waals surface area contributed by atoms with E-state index in [1.54, 1.807) is 6.20 Å². The lowest BCUT2D eigenvalue weighted by Crippen LogP contribution is -2.09. The number of halogens is 1. The Morgan fingerprint density at radius 2 is 1.84 bits per heavy atom. The van der Waals surface area contributed by atoms with Crippen LogP contribution in [-0.4, -0.2) is 25.9 Å². The fourth-order valence-corrected chi connectivity index (χ4v) is 3.07. The molecule has 5 nitrogen and oxygen atoms in total. The molecule has 0 spiro atoms. The van der Waals surface area contributed by atoms with Gasteiger partial charge in [-0.3, -0.25) is 9.38 Å². The summed E-state index contributed by atoms with van der Waals surface area (Å²) in [7, 11) is 0. The number of benzene rings is 1. The van der Waals surface area contributed by atoms with Crippen LogP contribution in [0.1, 0.15) is 5.56 Å². The molecule has 0 fully saturated rings. The largest absolute Gasteiger partial charge is 0.367 e. The molecule has 0 unspecified atom stereocenters. The summed E-state index contributed by atoms with van der Waals surface area (Å²) in [6, 6.07) is 14.2. The Hall–Kier alpha value is -2.73. The Kier molecular flexibility index (Phi) is 4.43. The minimum atomic E-state index is 0.773. The lowest BCUT2D eigenvalue weighted by Gasteiger charge is -2.10. The fourth-order valence-electron chi connectivity index (χ4n) is 2.70. The molecule has 3 heterocycles. The van der Waals surface area contributed by atoms with E-state index in [1.165, 1.54) is 5.56 Å². The number of hydrogen-bond acceptors (Lipinski definition) is 4. The third-order valence-corrected chi connectivity index (χ3v) is 4.56.